The van der Waals surface area contributed by atoms with E-state index in [0.717, 1.165) is 0 Å². The molecule has 4 aromatic rings. The van der Waals surface area contributed by atoms with Gasteiger partial charge in [-0.1, -0.05) is 24.3 Å². The summed E-state index contributed by atoms with van der Waals surface area (Å²) in [5.74, 6) is -0.571. The van der Waals surface area contributed by atoms with Crippen LogP contribution < -0.4 is 21.5 Å². The van der Waals surface area contributed by atoms with Crippen LogP contribution in [0.5, 0.6) is 5.75 Å². The second-order valence-electron chi connectivity index (χ2n) is 6.60. The number of ether oxygens (including phenoxy) is 1. The number of amides is 1. The molecular formula is C20H17N6O5S-. The number of nitrogens with zero attached hydrogens (tertiary/aromatic N) is 3. The van der Waals surface area contributed by atoms with Crippen LogP contribution in [-0.4, -0.2) is 47.2 Å². The van der Waals surface area contributed by atoms with Crippen LogP contribution in [0.2, 0.25) is 0 Å². The topological polar surface area (TPSA) is 168 Å². The molecule has 0 fully saturated rings. The number of primary amides is 1. The van der Waals surface area contributed by atoms with Crippen LogP contribution >= 0.6 is 0 Å². The maximum Gasteiger partial charge on any atom is 0.332 e. The number of imidazole rings is 1. The van der Waals surface area contributed by atoms with Crippen molar-refractivity contribution in [3.63, 3.8) is 0 Å². The van der Waals surface area contributed by atoms with Crippen LogP contribution in [0, 0.1) is 0 Å². The molecule has 2 aromatic carbocycles. The standard InChI is InChI=1S/C20H18N6O5S/c1-31-14-8-3-2-7-13(14)26-19-16(24-20(26)28)15(17(21)27)23-18(25-19)11-5-4-6-12(9-11)22-10-32(29)30/h2-9,22H,10H2,1H3,(H2,21,27)(H,24,28)(H,29,30)/p-1. The highest BCUT2D eigenvalue weighted by Crippen LogP contribution is 2.27. The molecule has 164 valence electrons. The predicted molar refractivity (Wildman–Crippen MR) is 117 cm³/mol. The molecule has 12 heteroatoms. The summed E-state index contributed by atoms with van der Waals surface area (Å²) in [6, 6.07) is 13.5. The number of rotatable bonds is 7. The first-order chi connectivity index (χ1) is 15.4. The molecule has 1 unspecified atom stereocenters. The van der Waals surface area contributed by atoms with Gasteiger partial charge in [0, 0.05) is 11.3 Å². The van der Waals surface area contributed by atoms with E-state index in [1.54, 1.807) is 48.5 Å². The van der Waals surface area contributed by atoms with Gasteiger partial charge in [-0.3, -0.25) is 9.00 Å². The Bertz CT molecular complexity index is 1410. The SMILES string of the molecule is COc1ccccc1-n1c(=O)[nH]c2c(C(N)=O)nc(-c3cccc(NCS(=O)[O-])c3)nc21. The minimum absolute atomic E-state index is 0.0909. The highest BCUT2D eigenvalue weighted by atomic mass is 32.2. The Balaban J connectivity index is 1.95. The Kier molecular flexibility index (Phi) is 5.71. The Morgan fingerprint density at radius 1 is 1.25 bits per heavy atom. The summed E-state index contributed by atoms with van der Waals surface area (Å²) in [6.45, 7) is 0. The van der Waals surface area contributed by atoms with Gasteiger partial charge in [0.2, 0.25) is 0 Å². The molecule has 0 spiro atoms. The van der Waals surface area contributed by atoms with Gasteiger partial charge < -0.3 is 25.3 Å². The third kappa shape index (κ3) is 3.96. The number of para-hydroxylation sites is 2. The van der Waals surface area contributed by atoms with Crippen molar-refractivity contribution in [2.45, 2.75) is 0 Å². The van der Waals surface area contributed by atoms with Crippen molar-refractivity contribution in [1.29, 1.82) is 0 Å². The maximum atomic E-state index is 12.8. The number of H-pyrrole nitrogens is 1. The quantitative estimate of drug-likeness (QED) is 0.350. The fourth-order valence-electron chi connectivity index (χ4n) is 3.24. The molecule has 1 amide bonds. The molecule has 0 aliphatic heterocycles. The number of hydrogen-bond donors (Lipinski definition) is 3. The Morgan fingerprint density at radius 2 is 2.03 bits per heavy atom. The predicted octanol–water partition coefficient (Wildman–Crippen LogP) is 1.13. The van der Waals surface area contributed by atoms with Crippen molar-refractivity contribution in [3.8, 4) is 22.8 Å². The van der Waals surface area contributed by atoms with Gasteiger partial charge in [0.15, 0.2) is 17.2 Å². The monoisotopic (exact) mass is 453 g/mol. The van der Waals surface area contributed by atoms with Gasteiger partial charge in [0.05, 0.1) is 18.7 Å². The Hall–Kier alpha value is -4.03. The lowest BCUT2D eigenvalue weighted by Crippen LogP contribution is -2.16. The molecule has 11 nitrogen and oxygen atoms in total. The molecule has 32 heavy (non-hydrogen) atoms. The smallest absolute Gasteiger partial charge is 0.332 e. The third-order valence-electron chi connectivity index (χ3n) is 4.61. The van der Waals surface area contributed by atoms with Crippen LogP contribution in [0.25, 0.3) is 28.2 Å². The van der Waals surface area contributed by atoms with E-state index in [4.69, 9.17) is 10.5 Å². The minimum atomic E-state index is -2.28. The van der Waals surface area contributed by atoms with E-state index in [2.05, 4.69) is 20.3 Å². The number of carbonyl (C=O) groups is 1. The second kappa shape index (κ2) is 8.61. The summed E-state index contributed by atoms with van der Waals surface area (Å²) in [4.78, 5) is 36.3. The lowest BCUT2D eigenvalue weighted by Gasteiger charge is -2.11. The second-order valence-corrected chi connectivity index (χ2v) is 7.50. The number of anilines is 1. The highest BCUT2D eigenvalue weighted by Gasteiger charge is 2.21. The summed E-state index contributed by atoms with van der Waals surface area (Å²) in [6.07, 6.45) is 0. The fraction of sp³-hybridized carbons (Fsp3) is 0.100. The van der Waals surface area contributed by atoms with Crippen molar-refractivity contribution in [1.82, 2.24) is 19.5 Å². The molecule has 0 radical (unpaired) electrons. The summed E-state index contributed by atoms with van der Waals surface area (Å²) in [7, 11) is 1.47. The van der Waals surface area contributed by atoms with Crippen molar-refractivity contribution < 1.29 is 18.3 Å². The molecule has 0 saturated heterocycles. The maximum absolute atomic E-state index is 12.8. The van der Waals surface area contributed by atoms with Crippen LogP contribution in [-0.2, 0) is 11.1 Å². The largest absolute Gasteiger partial charge is 0.771 e. The first-order valence-corrected chi connectivity index (χ1v) is 10.5. The van der Waals surface area contributed by atoms with Gasteiger partial charge in [-0.2, -0.15) is 0 Å². The lowest BCUT2D eigenvalue weighted by molar-refractivity contribution is 0.0997. The number of nitrogens with one attached hydrogen (secondary N) is 2. The Labute approximate surface area is 183 Å². The number of aromatic nitrogens is 4. The third-order valence-corrected chi connectivity index (χ3v) is 4.99. The van der Waals surface area contributed by atoms with Crippen LogP contribution in [0.4, 0.5) is 5.69 Å². The first-order valence-electron chi connectivity index (χ1n) is 9.25. The molecule has 0 aliphatic carbocycles. The van der Waals surface area contributed by atoms with Gasteiger partial charge in [0.25, 0.3) is 5.91 Å². The van der Waals surface area contributed by atoms with Crippen molar-refractivity contribution in [2.24, 2.45) is 5.73 Å². The summed E-state index contributed by atoms with van der Waals surface area (Å²) in [5, 5.41) is 2.75. The lowest BCUT2D eigenvalue weighted by atomic mass is 10.2. The summed E-state index contributed by atoms with van der Waals surface area (Å²) in [5.41, 5.74) is 6.45. The minimum Gasteiger partial charge on any atom is -0.771 e. The number of benzene rings is 2. The van der Waals surface area contributed by atoms with Gasteiger partial charge in [0.1, 0.15) is 11.3 Å². The van der Waals surface area contributed by atoms with Gasteiger partial charge in [-0.25, -0.2) is 19.3 Å². The van der Waals surface area contributed by atoms with Crippen molar-refractivity contribution in [2.75, 3.05) is 18.3 Å². The van der Waals surface area contributed by atoms with E-state index >= 15 is 0 Å². The average molecular weight is 453 g/mol. The molecular weight excluding hydrogens is 436 g/mol. The molecule has 0 saturated carbocycles. The van der Waals surface area contributed by atoms with Crippen molar-refractivity contribution >= 4 is 33.8 Å². The van der Waals surface area contributed by atoms with Crippen LogP contribution in [0.3, 0.4) is 0 Å². The Morgan fingerprint density at radius 3 is 2.75 bits per heavy atom. The van der Waals surface area contributed by atoms with Crippen molar-refractivity contribution in [3.05, 3.63) is 64.7 Å². The molecule has 2 aromatic heterocycles. The number of nitrogens with two attached hydrogens (primary N) is 1. The fourth-order valence-corrected chi connectivity index (χ4v) is 3.53. The van der Waals surface area contributed by atoms with Gasteiger partial charge in [-0.05, 0) is 35.3 Å². The first kappa shape index (κ1) is 21.2. The summed E-state index contributed by atoms with van der Waals surface area (Å²) < 4.78 is 28.3. The van der Waals surface area contributed by atoms with E-state index in [1.807, 2.05) is 0 Å². The normalized spacial score (nSPS) is 11.9. The number of hydrogen-bond acceptors (Lipinski definition) is 8. The van der Waals surface area contributed by atoms with E-state index in [1.165, 1.54) is 11.7 Å². The zero-order valence-electron chi connectivity index (χ0n) is 16.7. The van der Waals surface area contributed by atoms with Crippen LogP contribution in [0.1, 0.15) is 10.5 Å². The molecule has 4 N–H and O–H groups in total. The van der Waals surface area contributed by atoms with E-state index in [9.17, 15) is 18.4 Å². The van der Waals surface area contributed by atoms with Gasteiger partial charge >= 0.3 is 5.69 Å². The highest BCUT2D eigenvalue weighted by molar-refractivity contribution is 7.79. The molecule has 0 aliphatic rings. The molecule has 0 bridgehead atoms. The van der Waals surface area contributed by atoms with Crippen LogP contribution in [0.15, 0.2) is 53.3 Å². The average Bonchev–Trinajstić information content (AvgIpc) is 3.12. The molecule has 1 atom stereocenters. The zero-order valence-corrected chi connectivity index (χ0v) is 17.5. The molecule has 4 rings (SSSR count). The van der Waals surface area contributed by atoms with Gasteiger partial charge in [-0.15, -0.1) is 0 Å². The zero-order chi connectivity index (χ0) is 22.8. The van der Waals surface area contributed by atoms with E-state index in [0.29, 0.717) is 22.7 Å². The number of methoxy groups -OCH3 is 1. The van der Waals surface area contributed by atoms with E-state index in [-0.39, 0.29) is 28.6 Å². The number of carbonyl (C=O) groups excluding carboxylic acids is 1. The summed E-state index contributed by atoms with van der Waals surface area (Å²) >= 11 is -2.28. The molecule has 2 heterocycles. The number of fused-ring (bicyclic) bond motifs is 1. The number of aromatic amines is 1. The van der Waals surface area contributed by atoms with E-state index < -0.39 is 22.7 Å².